The van der Waals surface area contributed by atoms with Crippen molar-refractivity contribution in [3.05, 3.63) is 0 Å². The largest absolute Gasteiger partial charge is 0.481 e. The van der Waals surface area contributed by atoms with Crippen LogP contribution in [-0.2, 0) is 9.59 Å². The zero-order chi connectivity index (χ0) is 12.2. The SMILES string of the molecule is CC(C)(C(=O)O)C(CN=C(N)N)C(=O)O. The highest BCUT2D eigenvalue weighted by Gasteiger charge is 2.41. The molecular weight excluding hydrogens is 202 g/mol. The summed E-state index contributed by atoms with van der Waals surface area (Å²) in [5.74, 6) is -3.88. The molecule has 0 rings (SSSR count). The average Bonchev–Trinajstić information content (AvgIpc) is 2.01. The average molecular weight is 217 g/mol. The first-order valence-electron chi connectivity index (χ1n) is 4.21. The van der Waals surface area contributed by atoms with Gasteiger partial charge in [-0.15, -0.1) is 0 Å². The maximum absolute atomic E-state index is 10.8. The van der Waals surface area contributed by atoms with Crippen molar-refractivity contribution in [3.63, 3.8) is 0 Å². The minimum atomic E-state index is -1.43. The number of hydrogen-bond donors (Lipinski definition) is 4. The fourth-order valence-corrected chi connectivity index (χ4v) is 0.961. The molecule has 1 atom stereocenters. The Hall–Kier alpha value is -1.79. The van der Waals surface area contributed by atoms with Crippen LogP contribution in [0.3, 0.4) is 0 Å². The van der Waals surface area contributed by atoms with Gasteiger partial charge < -0.3 is 21.7 Å². The number of aliphatic imine (C=N–C) groups is 1. The molecule has 0 aromatic heterocycles. The predicted octanol–water partition coefficient (Wildman–Crippen LogP) is -0.929. The van der Waals surface area contributed by atoms with Gasteiger partial charge in [0.1, 0.15) is 0 Å². The smallest absolute Gasteiger partial charge is 0.310 e. The van der Waals surface area contributed by atoms with Crippen LogP contribution in [0.1, 0.15) is 13.8 Å². The van der Waals surface area contributed by atoms with Crippen molar-refractivity contribution < 1.29 is 19.8 Å². The lowest BCUT2D eigenvalue weighted by Gasteiger charge is -2.25. The third kappa shape index (κ3) is 3.45. The number of carbonyl (C=O) groups is 2. The van der Waals surface area contributed by atoms with Gasteiger partial charge in [-0.3, -0.25) is 14.6 Å². The Bertz CT molecular complexity index is 294. The van der Waals surface area contributed by atoms with E-state index >= 15 is 0 Å². The molecule has 0 saturated heterocycles. The van der Waals surface area contributed by atoms with Crippen molar-refractivity contribution in [1.82, 2.24) is 0 Å². The maximum atomic E-state index is 10.8. The zero-order valence-corrected chi connectivity index (χ0v) is 8.60. The van der Waals surface area contributed by atoms with Gasteiger partial charge >= 0.3 is 11.9 Å². The summed E-state index contributed by atoms with van der Waals surface area (Å²) in [5, 5.41) is 17.7. The molecule has 0 aliphatic rings. The van der Waals surface area contributed by atoms with E-state index in [0.29, 0.717) is 0 Å². The number of nitrogens with zero attached hydrogens (tertiary/aromatic N) is 1. The van der Waals surface area contributed by atoms with Crippen LogP contribution in [0.5, 0.6) is 0 Å². The molecule has 0 fully saturated rings. The van der Waals surface area contributed by atoms with Crippen molar-refractivity contribution in [2.75, 3.05) is 6.54 Å². The summed E-state index contributed by atoms with van der Waals surface area (Å²) in [5.41, 5.74) is 8.67. The second kappa shape index (κ2) is 4.63. The van der Waals surface area contributed by atoms with Crippen LogP contribution in [-0.4, -0.2) is 34.7 Å². The van der Waals surface area contributed by atoms with Gasteiger partial charge in [-0.25, -0.2) is 0 Å². The lowest BCUT2D eigenvalue weighted by Crippen LogP contribution is -2.40. The van der Waals surface area contributed by atoms with Crippen LogP contribution in [0.2, 0.25) is 0 Å². The zero-order valence-electron chi connectivity index (χ0n) is 8.60. The molecule has 0 radical (unpaired) electrons. The number of guanidine groups is 1. The van der Waals surface area contributed by atoms with Gasteiger partial charge in [-0.1, -0.05) is 0 Å². The molecular formula is C8H15N3O4. The van der Waals surface area contributed by atoms with Crippen LogP contribution in [0.4, 0.5) is 0 Å². The molecule has 86 valence electrons. The highest BCUT2D eigenvalue weighted by atomic mass is 16.4. The summed E-state index contributed by atoms with van der Waals surface area (Å²) in [6.07, 6.45) is 0. The second-order valence-corrected chi connectivity index (χ2v) is 3.68. The van der Waals surface area contributed by atoms with Crippen molar-refractivity contribution in [2.45, 2.75) is 13.8 Å². The number of carboxylic acid groups (broad SMARTS) is 2. The quantitative estimate of drug-likeness (QED) is 0.346. The summed E-state index contributed by atoms with van der Waals surface area (Å²) in [7, 11) is 0. The Morgan fingerprint density at radius 3 is 2.07 bits per heavy atom. The minimum Gasteiger partial charge on any atom is -0.481 e. The van der Waals surface area contributed by atoms with Gasteiger partial charge in [0.2, 0.25) is 0 Å². The number of aliphatic carboxylic acids is 2. The highest BCUT2D eigenvalue weighted by molar-refractivity contribution is 5.83. The van der Waals surface area contributed by atoms with Crippen LogP contribution in [0, 0.1) is 11.3 Å². The first-order chi connectivity index (χ1) is 6.69. The van der Waals surface area contributed by atoms with E-state index in [-0.39, 0.29) is 12.5 Å². The molecule has 7 nitrogen and oxygen atoms in total. The molecule has 0 spiro atoms. The molecule has 0 aromatic carbocycles. The Kier molecular flexibility index (Phi) is 4.07. The molecule has 0 amide bonds. The van der Waals surface area contributed by atoms with Crippen molar-refractivity contribution in [2.24, 2.45) is 27.8 Å². The van der Waals surface area contributed by atoms with Crippen LogP contribution in [0.25, 0.3) is 0 Å². The van der Waals surface area contributed by atoms with E-state index in [4.69, 9.17) is 21.7 Å². The van der Waals surface area contributed by atoms with Gasteiger partial charge in [0.05, 0.1) is 17.9 Å². The van der Waals surface area contributed by atoms with Gasteiger partial charge in [-0.2, -0.15) is 0 Å². The van der Waals surface area contributed by atoms with E-state index in [1.54, 1.807) is 0 Å². The highest BCUT2D eigenvalue weighted by Crippen LogP contribution is 2.27. The third-order valence-electron chi connectivity index (χ3n) is 2.18. The third-order valence-corrected chi connectivity index (χ3v) is 2.18. The molecule has 1 unspecified atom stereocenters. The van der Waals surface area contributed by atoms with E-state index in [9.17, 15) is 9.59 Å². The standard InChI is InChI=1S/C8H15N3O4/c1-8(2,6(14)15)4(5(12)13)3-11-7(9)10/h4H,3H2,1-2H3,(H,12,13)(H,14,15)(H4,9,10,11). The first kappa shape index (κ1) is 13.2. The van der Waals surface area contributed by atoms with Gasteiger partial charge in [0.15, 0.2) is 5.96 Å². The molecule has 7 heteroatoms. The lowest BCUT2D eigenvalue weighted by atomic mass is 9.79. The molecule has 0 aliphatic carbocycles. The number of hydrogen-bond acceptors (Lipinski definition) is 3. The number of carboxylic acids is 2. The number of rotatable bonds is 5. The summed E-state index contributed by atoms with van der Waals surface area (Å²) in [6, 6.07) is 0. The summed E-state index contributed by atoms with van der Waals surface area (Å²) in [4.78, 5) is 25.2. The Labute approximate surface area is 86.8 Å². The lowest BCUT2D eigenvalue weighted by molar-refractivity contribution is -0.159. The second-order valence-electron chi connectivity index (χ2n) is 3.68. The minimum absolute atomic E-state index is 0.253. The topological polar surface area (TPSA) is 139 Å². The molecule has 0 saturated carbocycles. The van der Waals surface area contributed by atoms with Gasteiger partial charge in [-0.05, 0) is 13.8 Å². The van der Waals surface area contributed by atoms with Crippen molar-refractivity contribution in [1.29, 1.82) is 0 Å². The molecule has 0 heterocycles. The summed E-state index contributed by atoms with van der Waals surface area (Å²) < 4.78 is 0. The summed E-state index contributed by atoms with van der Waals surface area (Å²) in [6.45, 7) is 2.38. The van der Waals surface area contributed by atoms with E-state index in [2.05, 4.69) is 4.99 Å². The van der Waals surface area contributed by atoms with E-state index in [1.165, 1.54) is 13.8 Å². The van der Waals surface area contributed by atoms with Crippen LogP contribution >= 0.6 is 0 Å². The number of nitrogens with two attached hydrogens (primary N) is 2. The van der Waals surface area contributed by atoms with Crippen molar-refractivity contribution in [3.8, 4) is 0 Å². The van der Waals surface area contributed by atoms with E-state index < -0.39 is 23.3 Å². The Morgan fingerprint density at radius 1 is 1.33 bits per heavy atom. The van der Waals surface area contributed by atoms with Crippen LogP contribution in [0.15, 0.2) is 4.99 Å². The predicted molar refractivity (Wildman–Crippen MR) is 53.2 cm³/mol. The maximum Gasteiger partial charge on any atom is 0.310 e. The van der Waals surface area contributed by atoms with E-state index in [0.717, 1.165) is 0 Å². The molecule has 6 N–H and O–H groups in total. The normalized spacial score (nSPS) is 12.9. The summed E-state index contributed by atoms with van der Waals surface area (Å²) >= 11 is 0. The molecule has 0 aliphatic heterocycles. The fraction of sp³-hybridized carbons (Fsp3) is 0.625. The molecule has 0 aromatic rings. The van der Waals surface area contributed by atoms with E-state index in [1.807, 2.05) is 0 Å². The van der Waals surface area contributed by atoms with Gasteiger partial charge in [0.25, 0.3) is 0 Å². The van der Waals surface area contributed by atoms with Crippen molar-refractivity contribution >= 4 is 17.9 Å². The molecule has 15 heavy (non-hydrogen) atoms. The van der Waals surface area contributed by atoms with Crippen LogP contribution < -0.4 is 11.5 Å². The first-order valence-corrected chi connectivity index (χ1v) is 4.21. The Balaban J connectivity index is 4.90. The monoisotopic (exact) mass is 217 g/mol. The fourth-order valence-electron chi connectivity index (χ4n) is 0.961. The Morgan fingerprint density at radius 2 is 1.80 bits per heavy atom. The molecule has 0 bridgehead atoms. The van der Waals surface area contributed by atoms with Gasteiger partial charge in [0, 0.05) is 0 Å².